The summed E-state index contributed by atoms with van der Waals surface area (Å²) in [4.78, 5) is 17.1. The van der Waals surface area contributed by atoms with E-state index in [-0.39, 0.29) is 17.6 Å². The molecule has 4 aromatic rings. The molecule has 0 radical (unpaired) electrons. The lowest BCUT2D eigenvalue weighted by Gasteiger charge is -2.13. The second-order valence-electron chi connectivity index (χ2n) is 6.57. The summed E-state index contributed by atoms with van der Waals surface area (Å²) in [5, 5.41) is 6.70. The van der Waals surface area contributed by atoms with Crippen LogP contribution >= 0.6 is 0 Å². The number of ether oxygens (including phenoxy) is 1. The highest BCUT2D eigenvalue weighted by atomic mass is 19.1. The molecule has 1 atom stereocenters. The van der Waals surface area contributed by atoms with Crippen LogP contribution in [0.25, 0.3) is 11.4 Å². The fourth-order valence-electron chi connectivity index (χ4n) is 2.85. The number of aromatic nitrogens is 2. The third-order valence-electron chi connectivity index (χ3n) is 4.35. The van der Waals surface area contributed by atoms with Crippen LogP contribution in [0.5, 0.6) is 11.5 Å². The Balaban J connectivity index is 1.49. The van der Waals surface area contributed by atoms with Crippen molar-refractivity contribution >= 4 is 5.91 Å². The lowest BCUT2D eigenvalue weighted by Crippen LogP contribution is -2.27. The van der Waals surface area contributed by atoms with Gasteiger partial charge in [0.1, 0.15) is 23.4 Å². The molecule has 1 amide bonds. The zero-order valence-electron chi connectivity index (χ0n) is 16.1. The van der Waals surface area contributed by atoms with Crippen LogP contribution in [0.4, 0.5) is 4.39 Å². The Morgan fingerprint density at radius 1 is 1.03 bits per heavy atom. The monoisotopic (exact) mass is 403 g/mol. The summed E-state index contributed by atoms with van der Waals surface area (Å²) in [5.41, 5.74) is 0.864. The molecule has 0 unspecified atom stereocenters. The topological polar surface area (TPSA) is 77.2 Å². The highest BCUT2D eigenvalue weighted by Gasteiger charge is 2.20. The SMILES string of the molecule is C[C@H](NC(=O)c1ccccc1Oc1ccccc1)c1nc(-c2cccc(F)c2)no1. The molecule has 150 valence electrons. The van der Waals surface area contributed by atoms with Gasteiger partial charge in [0.05, 0.1) is 5.56 Å². The second kappa shape index (κ2) is 8.57. The number of nitrogens with zero attached hydrogens (tertiary/aromatic N) is 2. The van der Waals surface area contributed by atoms with Gasteiger partial charge >= 0.3 is 0 Å². The predicted molar refractivity (Wildman–Crippen MR) is 109 cm³/mol. The average Bonchev–Trinajstić information content (AvgIpc) is 3.25. The minimum Gasteiger partial charge on any atom is -0.457 e. The minimum absolute atomic E-state index is 0.212. The molecule has 3 aromatic carbocycles. The lowest BCUT2D eigenvalue weighted by molar-refractivity contribution is 0.0930. The number of hydrogen-bond donors (Lipinski definition) is 1. The van der Waals surface area contributed by atoms with E-state index in [9.17, 15) is 9.18 Å². The van der Waals surface area contributed by atoms with E-state index < -0.39 is 11.9 Å². The Morgan fingerprint density at radius 3 is 2.60 bits per heavy atom. The van der Waals surface area contributed by atoms with E-state index in [4.69, 9.17) is 9.26 Å². The fraction of sp³-hybridized carbons (Fsp3) is 0.0870. The molecule has 0 fully saturated rings. The summed E-state index contributed by atoms with van der Waals surface area (Å²) in [6.07, 6.45) is 0. The zero-order valence-corrected chi connectivity index (χ0v) is 16.1. The van der Waals surface area contributed by atoms with E-state index in [1.54, 1.807) is 43.3 Å². The van der Waals surface area contributed by atoms with E-state index in [0.29, 0.717) is 22.6 Å². The van der Waals surface area contributed by atoms with Crippen molar-refractivity contribution in [1.29, 1.82) is 0 Å². The number of amides is 1. The molecule has 0 spiro atoms. The standard InChI is InChI=1S/C23H18FN3O3/c1-15(23-26-21(27-30-23)16-8-7-9-17(24)14-16)25-22(28)19-12-5-6-13-20(19)29-18-10-3-2-4-11-18/h2-15H,1H3,(H,25,28)/t15-/m0/s1. The van der Waals surface area contributed by atoms with E-state index in [1.165, 1.54) is 12.1 Å². The molecule has 1 heterocycles. The number of rotatable bonds is 6. The maximum atomic E-state index is 13.4. The van der Waals surface area contributed by atoms with Crippen LogP contribution in [-0.4, -0.2) is 16.0 Å². The van der Waals surface area contributed by atoms with E-state index in [2.05, 4.69) is 15.5 Å². The van der Waals surface area contributed by atoms with Gasteiger partial charge < -0.3 is 14.6 Å². The zero-order chi connectivity index (χ0) is 20.9. The third kappa shape index (κ3) is 4.35. The van der Waals surface area contributed by atoms with Crippen molar-refractivity contribution in [3.8, 4) is 22.9 Å². The number of carbonyl (C=O) groups excluding carboxylic acids is 1. The smallest absolute Gasteiger partial charge is 0.255 e. The van der Waals surface area contributed by atoms with Gasteiger partial charge in [0.2, 0.25) is 11.7 Å². The van der Waals surface area contributed by atoms with Crippen LogP contribution in [0.3, 0.4) is 0 Å². The second-order valence-corrected chi connectivity index (χ2v) is 6.57. The van der Waals surface area contributed by atoms with Gasteiger partial charge in [-0.1, -0.05) is 47.6 Å². The van der Waals surface area contributed by atoms with Crippen molar-refractivity contribution < 1.29 is 18.4 Å². The summed E-state index contributed by atoms with van der Waals surface area (Å²) in [5.74, 6) is 0.777. The summed E-state index contributed by atoms with van der Waals surface area (Å²) < 4.78 is 24.5. The summed E-state index contributed by atoms with van der Waals surface area (Å²) in [7, 11) is 0. The van der Waals surface area contributed by atoms with Gasteiger partial charge in [-0.05, 0) is 43.3 Å². The lowest BCUT2D eigenvalue weighted by atomic mass is 10.1. The molecule has 1 N–H and O–H groups in total. The number of hydrogen-bond acceptors (Lipinski definition) is 5. The highest BCUT2D eigenvalue weighted by molar-refractivity contribution is 5.97. The van der Waals surface area contributed by atoms with Gasteiger partial charge in [0.25, 0.3) is 5.91 Å². The van der Waals surface area contributed by atoms with Crippen LogP contribution in [0.1, 0.15) is 29.2 Å². The van der Waals surface area contributed by atoms with E-state index in [1.807, 2.05) is 30.3 Å². The fourth-order valence-corrected chi connectivity index (χ4v) is 2.85. The number of para-hydroxylation sites is 2. The first-order valence-electron chi connectivity index (χ1n) is 9.32. The molecule has 0 aliphatic heterocycles. The molecule has 0 aliphatic carbocycles. The predicted octanol–water partition coefficient (Wildman–Crippen LogP) is 5.16. The number of nitrogens with one attached hydrogen (secondary N) is 1. The van der Waals surface area contributed by atoms with Crippen molar-refractivity contribution in [1.82, 2.24) is 15.5 Å². The maximum Gasteiger partial charge on any atom is 0.255 e. The van der Waals surface area contributed by atoms with Crippen LogP contribution in [0.2, 0.25) is 0 Å². The largest absolute Gasteiger partial charge is 0.457 e. The molecule has 0 aliphatic rings. The van der Waals surface area contributed by atoms with Gasteiger partial charge in [-0.2, -0.15) is 4.98 Å². The average molecular weight is 403 g/mol. The normalized spacial score (nSPS) is 11.7. The van der Waals surface area contributed by atoms with Crippen LogP contribution in [0.15, 0.2) is 83.4 Å². The van der Waals surface area contributed by atoms with Crippen molar-refractivity contribution in [3.63, 3.8) is 0 Å². The van der Waals surface area contributed by atoms with E-state index >= 15 is 0 Å². The number of carbonyl (C=O) groups is 1. The molecule has 1 aromatic heterocycles. The molecule has 0 saturated carbocycles. The summed E-state index contributed by atoms with van der Waals surface area (Å²) in [6.45, 7) is 1.72. The Morgan fingerprint density at radius 2 is 1.80 bits per heavy atom. The van der Waals surface area contributed by atoms with Gasteiger partial charge in [-0.25, -0.2) is 4.39 Å². The third-order valence-corrected chi connectivity index (χ3v) is 4.35. The van der Waals surface area contributed by atoms with Gasteiger partial charge in [0.15, 0.2) is 0 Å². The van der Waals surface area contributed by atoms with Gasteiger partial charge in [0, 0.05) is 5.56 Å². The Kier molecular flexibility index (Phi) is 5.52. The molecule has 0 bridgehead atoms. The Bertz CT molecular complexity index is 1160. The maximum absolute atomic E-state index is 13.4. The molecule has 4 rings (SSSR count). The molecule has 30 heavy (non-hydrogen) atoms. The molecular weight excluding hydrogens is 385 g/mol. The number of benzene rings is 3. The van der Waals surface area contributed by atoms with Crippen LogP contribution in [-0.2, 0) is 0 Å². The van der Waals surface area contributed by atoms with Crippen molar-refractivity contribution in [2.24, 2.45) is 0 Å². The van der Waals surface area contributed by atoms with Crippen LogP contribution < -0.4 is 10.1 Å². The molecule has 6 nitrogen and oxygen atoms in total. The van der Waals surface area contributed by atoms with Crippen molar-refractivity contribution in [2.45, 2.75) is 13.0 Å². The van der Waals surface area contributed by atoms with Crippen molar-refractivity contribution in [2.75, 3.05) is 0 Å². The quantitative estimate of drug-likeness (QED) is 0.481. The Hall–Kier alpha value is -4.00. The Labute approximate surface area is 172 Å². The summed E-state index contributed by atoms with van der Waals surface area (Å²) >= 11 is 0. The highest BCUT2D eigenvalue weighted by Crippen LogP contribution is 2.26. The van der Waals surface area contributed by atoms with Gasteiger partial charge in [-0.3, -0.25) is 4.79 Å². The van der Waals surface area contributed by atoms with E-state index in [0.717, 1.165) is 0 Å². The molecule has 7 heteroatoms. The summed E-state index contributed by atoms with van der Waals surface area (Å²) in [6, 6.07) is 21.5. The number of halogens is 1. The first-order valence-corrected chi connectivity index (χ1v) is 9.32. The first kappa shape index (κ1) is 19.3. The molecular formula is C23H18FN3O3. The first-order chi connectivity index (χ1) is 14.6. The van der Waals surface area contributed by atoms with Crippen LogP contribution in [0, 0.1) is 5.82 Å². The van der Waals surface area contributed by atoms with Crippen molar-refractivity contribution in [3.05, 3.63) is 96.1 Å². The molecule has 0 saturated heterocycles. The van der Waals surface area contributed by atoms with Gasteiger partial charge in [-0.15, -0.1) is 0 Å². The minimum atomic E-state index is -0.558.